The predicted molar refractivity (Wildman–Crippen MR) is 75.9 cm³/mol. The third-order valence-corrected chi connectivity index (χ3v) is 2.72. The Labute approximate surface area is 117 Å². The molecule has 5 nitrogen and oxygen atoms in total. The average molecular weight is 274 g/mol. The van der Waals surface area contributed by atoms with Gasteiger partial charge in [0.05, 0.1) is 23.9 Å². The molecule has 0 fully saturated rings. The standard InChI is InChI=1S/C15H18N2O3/c1-9(2)20-12-6-4-11(5-7-12)15-13(8-14(18)19)16-10(3)17-15/h4-7,9H,8H2,1-3H3,(H,16,17)(H,18,19). The fraction of sp³-hybridized carbons (Fsp3) is 0.333. The second-order valence-corrected chi connectivity index (χ2v) is 4.91. The van der Waals surface area contributed by atoms with Crippen LogP contribution in [-0.2, 0) is 11.2 Å². The molecule has 2 rings (SSSR count). The van der Waals surface area contributed by atoms with E-state index < -0.39 is 5.97 Å². The molecule has 0 amide bonds. The highest BCUT2D eigenvalue weighted by molar-refractivity contribution is 5.74. The van der Waals surface area contributed by atoms with E-state index >= 15 is 0 Å². The molecule has 0 unspecified atom stereocenters. The van der Waals surface area contributed by atoms with E-state index in [1.165, 1.54) is 0 Å². The van der Waals surface area contributed by atoms with E-state index in [9.17, 15) is 4.79 Å². The number of nitrogens with zero attached hydrogens (tertiary/aromatic N) is 1. The van der Waals surface area contributed by atoms with Crippen molar-refractivity contribution in [3.8, 4) is 17.0 Å². The molecule has 1 aromatic carbocycles. The van der Waals surface area contributed by atoms with Crippen molar-refractivity contribution in [2.24, 2.45) is 0 Å². The van der Waals surface area contributed by atoms with Crippen molar-refractivity contribution in [2.75, 3.05) is 0 Å². The number of benzene rings is 1. The summed E-state index contributed by atoms with van der Waals surface area (Å²) in [5.74, 6) is 0.615. The molecule has 106 valence electrons. The van der Waals surface area contributed by atoms with Crippen molar-refractivity contribution in [3.63, 3.8) is 0 Å². The van der Waals surface area contributed by atoms with Crippen LogP contribution < -0.4 is 4.74 Å². The van der Waals surface area contributed by atoms with E-state index in [2.05, 4.69) is 9.97 Å². The van der Waals surface area contributed by atoms with Crippen LogP contribution in [0.5, 0.6) is 5.75 Å². The topological polar surface area (TPSA) is 75.2 Å². The lowest BCUT2D eigenvalue weighted by Crippen LogP contribution is -2.05. The number of hydrogen-bond acceptors (Lipinski definition) is 3. The zero-order valence-electron chi connectivity index (χ0n) is 11.8. The van der Waals surface area contributed by atoms with Gasteiger partial charge in [0.25, 0.3) is 0 Å². The van der Waals surface area contributed by atoms with E-state index in [0.29, 0.717) is 17.2 Å². The molecule has 1 heterocycles. The van der Waals surface area contributed by atoms with Crippen LogP contribution in [0, 0.1) is 6.92 Å². The Kier molecular flexibility index (Phi) is 4.08. The minimum absolute atomic E-state index is 0.0690. The molecule has 0 bridgehead atoms. The summed E-state index contributed by atoms with van der Waals surface area (Å²) in [6.07, 6.45) is 0.0523. The number of aliphatic carboxylic acids is 1. The molecule has 0 aliphatic rings. The molecular weight excluding hydrogens is 256 g/mol. The number of aromatic nitrogens is 2. The number of carbonyl (C=O) groups is 1. The number of nitrogens with one attached hydrogen (secondary N) is 1. The van der Waals surface area contributed by atoms with E-state index in [4.69, 9.17) is 9.84 Å². The number of carboxylic acids is 1. The van der Waals surface area contributed by atoms with E-state index in [0.717, 1.165) is 11.3 Å². The summed E-state index contributed by atoms with van der Waals surface area (Å²) in [6, 6.07) is 7.51. The van der Waals surface area contributed by atoms with Crippen LogP contribution in [0.25, 0.3) is 11.3 Å². The molecule has 0 saturated carbocycles. The maximum Gasteiger partial charge on any atom is 0.309 e. The van der Waals surface area contributed by atoms with Gasteiger partial charge in [-0.1, -0.05) is 0 Å². The first-order chi connectivity index (χ1) is 9.45. The summed E-state index contributed by atoms with van der Waals surface area (Å²) >= 11 is 0. The Morgan fingerprint density at radius 2 is 2.00 bits per heavy atom. The molecule has 20 heavy (non-hydrogen) atoms. The van der Waals surface area contributed by atoms with Gasteiger partial charge < -0.3 is 14.8 Å². The first kappa shape index (κ1) is 14.1. The zero-order valence-corrected chi connectivity index (χ0v) is 11.8. The van der Waals surface area contributed by atoms with Crippen molar-refractivity contribution >= 4 is 5.97 Å². The average Bonchev–Trinajstić information content (AvgIpc) is 2.69. The normalized spacial score (nSPS) is 10.8. The van der Waals surface area contributed by atoms with Gasteiger partial charge in [-0.15, -0.1) is 0 Å². The number of H-pyrrole nitrogens is 1. The number of aryl methyl sites for hydroxylation is 1. The summed E-state index contributed by atoms with van der Waals surface area (Å²) < 4.78 is 5.58. The quantitative estimate of drug-likeness (QED) is 0.879. The van der Waals surface area contributed by atoms with Crippen molar-refractivity contribution in [2.45, 2.75) is 33.3 Å². The lowest BCUT2D eigenvalue weighted by Gasteiger charge is -2.09. The summed E-state index contributed by atoms with van der Waals surface area (Å²) in [6.45, 7) is 5.75. The smallest absolute Gasteiger partial charge is 0.309 e. The fourth-order valence-electron chi connectivity index (χ4n) is 2.02. The first-order valence-electron chi connectivity index (χ1n) is 6.50. The maximum atomic E-state index is 10.9. The summed E-state index contributed by atoms with van der Waals surface area (Å²) in [5, 5.41) is 8.92. The molecule has 0 aliphatic heterocycles. The van der Waals surface area contributed by atoms with Crippen molar-refractivity contribution in [1.82, 2.24) is 9.97 Å². The van der Waals surface area contributed by atoms with E-state index in [1.807, 2.05) is 45.0 Å². The minimum Gasteiger partial charge on any atom is -0.491 e. The molecule has 0 atom stereocenters. The van der Waals surface area contributed by atoms with Gasteiger partial charge in [-0.05, 0) is 45.0 Å². The molecule has 1 aromatic heterocycles. The van der Waals surface area contributed by atoms with Gasteiger partial charge in [0.1, 0.15) is 11.6 Å². The number of ether oxygens (including phenoxy) is 1. The van der Waals surface area contributed by atoms with E-state index in [-0.39, 0.29) is 12.5 Å². The highest BCUT2D eigenvalue weighted by atomic mass is 16.5. The van der Waals surface area contributed by atoms with Crippen molar-refractivity contribution < 1.29 is 14.6 Å². The molecule has 2 N–H and O–H groups in total. The second kappa shape index (κ2) is 5.77. The largest absolute Gasteiger partial charge is 0.491 e. The molecule has 5 heteroatoms. The molecule has 0 saturated heterocycles. The van der Waals surface area contributed by atoms with Gasteiger partial charge in [0, 0.05) is 5.56 Å². The highest BCUT2D eigenvalue weighted by Crippen LogP contribution is 2.25. The number of imidazole rings is 1. The molecule has 0 spiro atoms. The van der Waals surface area contributed by atoms with Crippen LogP contribution >= 0.6 is 0 Å². The summed E-state index contributed by atoms with van der Waals surface area (Å²) in [5.41, 5.74) is 2.18. The first-order valence-corrected chi connectivity index (χ1v) is 6.50. The molecule has 0 aliphatic carbocycles. The van der Waals surface area contributed by atoms with Crippen LogP contribution in [0.1, 0.15) is 25.4 Å². The van der Waals surface area contributed by atoms with Crippen LogP contribution in [-0.4, -0.2) is 27.1 Å². The van der Waals surface area contributed by atoms with Gasteiger partial charge in [-0.2, -0.15) is 0 Å². The second-order valence-electron chi connectivity index (χ2n) is 4.91. The Bertz CT molecular complexity index is 600. The van der Waals surface area contributed by atoms with Crippen LogP contribution in [0.3, 0.4) is 0 Å². The maximum absolute atomic E-state index is 10.9. The molecule has 0 radical (unpaired) electrons. The van der Waals surface area contributed by atoms with Crippen molar-refractivity contribution in [1.29, 1.82) is 0 Å². The van der Waals surface area contributed by atoms with Crippen LogP contribution in [0.15, 0.2) is 24.3 Å². The van der Waals surface area contributed by atoms with Gasteiger partial charge in [0.15, 0.2) is 0 Å². The van der Waals surface area contributed by atoms with Gasteiger partial charge in [0.2, 0.25) is 0 Å². The highest BCUT2D eigenvalue weighted by Gasteiger charge is 2.13. The Morgan fingerprint density at radius 1 is 1.35 bits per heavy atom. The minimum atomic E-state index is -0.880. The molecule has 2 aromatic rings. The summed E-state index contributed by atoms with van der Waals surface area (Å²) in [7, 11) is 0. The van der Waals surface area contributed by atoms with E-state index in [1.54, 1.807) is 0 Å². The number of aromatic amines is 1. The molecular formula is C15H18N2O3. The van der Waals surface area contributed by atoms with Crippen LogP contribution in [0.4, 0.5) is 0 Å². The Balaban J connectivity index is 2.29. The number of rotatable bonds is 5. The summed E-state index contributed by atoms with van der Waals surface area (Å²) in [4.78, 5) is 18.2. The zero-order chi connectivity index (χ0) is 14.7. The lowest BCUT2D eigenvalue weighted by atomic mass is 10.1. The fourth-order valence-corrected chi connectivity index (χ4v) is 2.02. The lowest BCUT2D eigenvalue weighted by molar-refractivity contribution is -0.136. The monoisotopic (exact) mass is 274 g/mol. The Hall–Kier alpha value is -2.30. The Morgan fingerprint density at radius 3 is 2.55 bits per heavy atom. The van der Waals surface area contributed by atoms with Gasteiger partial charge >= 0.3 is 5.97 Å². The van der Waals surface area contributed by atoms with Crippen LogP contribution in [0.2, 0.25) is 0 Å². The predicted octanol–water partition coefficient (Wildman–Crippen LogP) is 2.80. The number of carboxylic acid groups (broad SMARTS) is 1. The van der Waals surface area contributed by atoms with Gasteiger partial charge in [-0.25, -0.2) is 4.98 Å². The van der Waals surface area contributed by atoms with Crippen molar-refractivity contribution in [3.05, 3.63) is 35.8 Å². The third kappa shape index (κ3) is 3.38. The number of hydrogen-bond donors (Lipinski definition) is 2. The van der Waals surface area contributed by atoms with Gasteiger partial charge in [-0.3, -0.25) is 4.79 Å². The third-order valence-electron chi connectivity index (χ3n) is 2.72. The SMILES string of the molecule is Cc1nc(-c2ccc(OC(C)C)cc2)c(CC(=O)O)[nH]1.